The van der Waals surface area contributed by atoms with Gasteiger partial charge in [0.1, 0.15) is 0 Å². The van der Waals surface area contributed by atoms with E-state index < -0.39 is 5.60 Å². The minimum atomic E-state index is -0.676. The fourth-order valence-corrected chi connectivity index (χ4v) is 2.98. The normalized spacial score (nSPS) is 26.8. The molecule has 1 aliphatic carbocycles. The third kappa shape index (κ3) is 1.67. The highest BCUT2D eigenvalue weighted by Gasteiger charge is 2.41. The van der Waals surface area contributed by atoms with Crippen LogP contribution in [-0.4, -0.2) is 10.7 Å². The van der Waals surface area contributed by atoms with Crippen molar-refractivity contribution in [3.8, 4) is 0 Å². The maximum Gasteiger partial charge on any atom is 0.0768 e. The molecule has 3 rings (SSSR count). The van der Waals surface area contributed by atoms with Crippen molar-refractivity contribution >= 4 is 0 Å². The molecule has 0 bridgehead atoms. The molecule has 0 aromatic heterocycles. The minimum Gasteiger partial charge on any atom is -0.389 e. The molecule has 0 amide bonds. The second kappa shape index (κ2) is 3.71. The van der Waals surface area contributed by atoms with Crippen LogP contribution in [0.15, 0.2) is 54.6 Å². The summed E-state index contributed by atoms with van der Waals surface area (Å²) in [5.41, 5.74) is 3.06. The standard InChI is InChI=1S/C16H16O/c1-16(17)11-13-9-5-6-10-14(13)15(16)12-7-3-2-4-8-12/h2-10,15,17H,11H2,1H3. The number of hydrogen-bond acceptors (Lipinski definition) is 1. The Labute approximate surface area is 102 Å². The van der Waals surface area contributed by atoms with Gasteiger partial charge in [-0.15, -0.1) is 0 Å². The first-order valence-corrected chi connectivity index (χ1v) is 6.03. The quantitative estimate of drug-likeness (QED) is 0.789. The van der Waals surface area contributed by atoms with Crippen molar-refractivity contribution in [1.82, 2.24) is 0 Å². The molecule has 0 radical (unpaired) electrons. The van der Waals surface area contributed by atoms with Crippen molar-refractivity contribution in [3.05, 3.63) is 71.3 Å². The van der Waals surface area contributed by atoms with Gasteiger partial charge in [-0.25, -0.2) is 0 Å². The van der Waals surface area contributed by atoms with E-state index in [1.54, 1.807) is 0 Å². The van der Waals surface area contributed by atoms with Crippen molar-refractivity contribution in [2.24, 2.45) is 0 Å². The zero-order valence-electron chi connectivity index (χ0n) is 9.93. The Bertz CT molecular complexity index is 528. The molecule has 1 aliphatic rings. The second-order valence-corrected chi connectivity index (χ2v) is 5.08. The van der Waals surface area contributed by atoms with Crippen LogP contribution in [-0.2, 0) is 6.42 Å². The molecule has 2 unspecified atom stereocenters. The maximum atomic E-state index is 10.6. The molecule has 0 fully saturated rings. The van der Waals surface area contributed by atoms with Gasteiger partial charge in [-0.2, -0.15) is 0 Å². The largest absolute Gasteiger partial charge is 0.389 e. The first-order valence-electron chi connectivity index (χ1n) is 6.03. The van der Waals surface area contributed by atoms with Crippen LogP contribution >= 0.6 is 0 Å². The van der Waals surface area contributed by atoms with Crippen LogP contribution in [0.4, 0.5) is 0 Å². The molecule has 1 heteroatoms. The van der Waals surface area contributed by atoms with Gasteiger partial charge in [-0.05, 0) is 23.6 Å². The molecule has 1 nitrogen and oxygen atoms in total. The number of fused-ring (bicyclic) bond motifs is 1. The van der Waals surface area contributed by atoms with Gasteiger partial charge >= 0.3 is 0 Å². The minimum absolute atomic E-state index is 0.0971. The van der Waals surface area contributed by atoms with E-state index in [1.165, 1.54) is 16.7 Å². The zero-order chi connectivity index (χ0) is 11.9. The van der Waals surface area contributed by atoms with E-state index in [4.69, 9.17) is 0 Å². The summed E-state index contributed by atoms with van der Waals surface area (Å²) in [6.45, 7) is 1.94. The number of benzene rings is 2. The summed E-state index contributed by atoms with van der Waals surface area (Å²) >= 11 is 0. The monoisotopic (exact) mass is 224 g/mol. The summed E-state index contributed by atoms with van der Waals surface area (Å²) in [7, 11) is 0. The first kappa shape index (κ1) is 10.5. The van der Waals surface area contributed by atoms with Gasteiger partial charge < -0.3 is 5.11 Å². The SMILES string of the molecule is CC1(O)Cc2ccccc2C1c1ccccc1. The van der Waals surface area contributed by atoms with E-state index in [0.717, 1.165) is 6.42 Å². The topological polar surface area (TPSA) is 20.2 Å². The molecule has 17 heavy (non-hydrogen) atoms. The van der Waals surface area contributed by atoms with Crippen LogP contribution in [0.1, 0.15) is 29.5 Å². The van der Waals surface area contributed by atoms with Crippen molar-refractivity contribution in [1.29, 1.82) is 0 Å². The van der Waals surface area contributed by atoms with Gasteiger partial charge in [0, 0.05) is 12.3 Å². The van der Waals surface area contributed by atoms with E-state index in [-0.39, 0.29) is 5.92 Å². The van der Waals surface area contributed by atoms with Crippen molar-refractivity contribution in [2.75, 3.05) is 0 Å². The van der Waals surface area contributed by atoms with Crippen LogP contribution < -0.4 is 0 Å². The summed E-state index contributed by atoms with van der Waals surface area (Å²) in [5, 5.41) is 10.6. The van der Waals surface area contributed by atoms with Gasteiger partial charge in [0.2, 0.25) is 0 Å². The molecular weight excluding hydrogens is 208 g/mol. The molecule has 0 heterocycles. The maximum absolute atomic E-state index is 10.6. The van der Waals surface area contributed by atoms with E-state index in [1.807, 2.05) is 31.2 Å². The van der Waals surface area contributed by atoms with Crippen LogP contribution in [0.2, 0.25) is 0 Å². The lowest BCUT2D eigenvalue weighted by Crippen LogP contribution is -2.30. The average Bonchev–Trinajstić information content (AvgIpc) is 2.60. The summed E-state index contributed by atoms with van der Waals surface area (Å²) in [5.74, 6) is 0.0971. The van der Waals surface area contributed by atoms with E-state index in [9.17, 15) is 5.11 Å². The third-order valence-electron chi connectivity index (χ3n) is 3.67. The lowest BCUT2D eigenvalue weighted by atomic mass is 9.84. The second-order valence-electron chi connectivity index (χ2n) is 5.08. The molecule has 2 aromatic rings. The molecular formula is C16H16O. The zero-order valence-corrected chi connectivity index (χ0v) is 9.93. The Balaban J connectivity index is 2.15. The van der Waals surface area contributed by atoms with E-state index in [0.29, 0.717) is 0 Å². The van der Waals surface area contributed by atoms with E-state index >= 15 is 0 Å². The Hall–Kier alpha value is -1.60. The van der Waals surface area contributed by atoms with Gasteiger partial charge in [0.15, 0.2) is 0 Å². The lowest BCUT2D eigenvalue weighted by Gasteiger charge is -2.26. The van der Waals surface area contributed by atoms with E-state index in [2.05, 4.69) is 30.3 Å². The Morgan fingerprint density at radius 3 is 2.41 bits per heavy atom. The van der Waals surface area contributed by atoms with Crippen LogP contribution in [0.25, 0.3) is 0 Å². The van der Waals surface area contributed by atoms with Gasteiger partial charge in [0.05, 0.1) is 5.60 Å². The average molecular weight is 224 g/mol. The number of aliphatic hydroxyl groups is 1. The highest BCUT2D eigenvalue weighted by Crippen LogP contribution is 2.44. The van der Waals surface area contributed by atoms with Gasteiger partial charge in [0.25, 0.3) is 0 Å². The van der Waals surface area contributed by atoms with Crippen LogP contribution in [0.3, 0.4) is 0 Å². The molecule has 2 aromatic carbocycles. The Morgan fingerprint density at radius 1 is 1.00 bits per heavy atom. The van der Waals surface area contributed by atoms with Crippen LogP contribution in [0.5, 0.6) is 0 Å². The molecule has 0 saturated heterocycles. The van der Waals surface area contributed by atoms with Crippen molar-refractivity contribution < 1.29 is 5.11 Å². The highest BCUT2D eigenvalue weighted by atomic mass is 16.3. The number of hydrogen-bond donors (Lipinski definition) is 1. The molecule has 86 valence electrons. The van der Waals surface area contributed by atoms with Gasteiger partial charge in [-0.1, -0.05) is 54.6 Å². The summed E-state index contributed by atoms with van der Waals surface area (Å²) in [4.78, 5) is 0. The lowest BCUT2D eigenvalue weighted by molar-refractivity contribution is 0.0551. The Morgan fingerprint density at radius 2 is 1.65 bits per heavy atom. The van der Waals surface area contributed by atoms with Crippen LogP contribution in [0, 0.1) is 0 Å². The van der Waals surface area contributed by atoms with Crippen molar-refractivity contribution in [2.45, 2.75) is 24.9 Å². The third-order valence-corrected chi connectivity index (χ3v) is 3.67. The predicted octanol–water partition coefficient (Wildman–Crippen LogP) is 3.13. The summed E-state index contributed by atoms with van der Waals surface area (Å²) in [6, 6.07) is 18.6. The smallest absolute Gasteiger partial charge is 0.0768 e. The fourth-order valence-electron chi connectivity index (χ4n) is 2.98. The Kier molecular flexibility index (Phi) is 2.30. The molecule has 2 atom stereocenters. The fraction of sp³-hybridized carbons (Fsp3) is 0.250. The summed E-state index contributed by atoms with van der Waals surface area (Å²) in [6.07, 6.45) is 0.739. The number of rotatable bonds is 1. The molecule has 0 saturated carbocycles. The highest BCUT2D eigenvalue weighted by molar-refractivity contribution is 5.46. The van der Waals surface area contributed by atoms with Gasteiger partial charge in [-0.3, -0.25) is 0 Å². The molecule has 1 N–H and O–H groups in total. The first-order chi connectivity index (χ1) is 8.18. The van der Waals surface area contributed by atoms with Crippen molar-refractivity contribution in [3.63, 3.8) is 0 Å². The summed E-state index contributed by atoms with van der Waals surface area (Å²) < 4.78 is 0. The molecule has 0 aliphatic heterocycles. The predicted molar refractivity (Wildman–Crippen MR) is 69.1 cm³/mol. The molecule has 0 spiro atoms.